The first kappa shape index (κ1) is 15.9. The number of benzene rings is 1. The Balaban J connectivity index is 3.13. The lowest BCUT2D eigenvalue weighted by Gasteiger charge is -2.14. The molecule has 0 N–H and O–H groups in total. The van der Waals surface area contributed by atoms with Crippen LogP contribution in [-0.4, -0.2) is 11.6 Å². The van der Waals surface area contributed by atoms with E-state index in [-0.39, 0.29) is 18.0 Å². The molecule has 0 radical (unpaired) electrons. The fourth-order valence-electron chi connectivity index (χ4n) is 1.70. The molecule has 0 aliphatic heterocycles. The maximum atomic E-state index is 12.6. The van der Waals surface area contributed by atoms with E-state index in [2.05, 4.69) is 15.9 Å². The van der Waals surface area contributed by atoms with Crippen molar-refractivity contribution >= 4 is 27.5 Å². The molecule has 0 saturated heterocycles. The predicted octanol–water partition coefficient (Wildman–Crippen LogP) is 3.80. The second-order valence-corrected chi connectivity index (χ2v) is 5.14. The minimum atomic E-state index is -4.45. The molecule has 0 bridgehead atoms. The van der Waals surface area contributed by atoms with Crippen LogP contribution in [0.4, 0.5) is 13.2 Å². The van der Waals surface area contributed by atoms with Crippen molar-refractivity contribution in [2.75, 3.05) is 0 Å². The van der Waals surface area contributed by atoms with Gasteiger partial charge in [0.2, 0.25) is 0 Å². The van der Waals surface area contributed by atoms with E-state index in [0.29, 0.717) is 10.0 Å². The third-order valence-electron chi connectivity index (χ3n) is 2.78. The summed E-state index contributed by atoms with van der Waals surface area (Å²) in [5.41, 5.74) is -0.498. The number of carbonyl (C=O) groups excluding carboxylic acids is 2. The number of halogens is 4. The Bertz CT molecular complexity index is 495. The largest absolute Gasteiger partial charge is 0.416 e. The highest BCUT2D eigenvalue weighted by molar-refractivity contribution is 9.10. The van der Waals surface area contributed by atoms with Crippen LogP contribution in [0.2, 0.25) is 0 Å². The molecular weight excluding hydrogens is 325 g/mol. The van der Waals surface area contributed by atoms with Crippen molar-refractivity contribution in [2.24, 2.45) is 5.92 Å². The van der Waals surface area contributed by atoms with Crippen LogP contribution in [0.1, 0.15) is 25.0 Å². The van der Waals surface area contributed by atoms with Crippen LogP contribution >= 0.6 is 15.9 Å². The second-order valence-electron chi connectivity index (χ2n) is 4.28. The van der Waals surface area contributed by atoms with Gasteiger partial charge in [0, 0.05) is 4.47 Å². The lowest BCUT2D eigenvalue weighted by Crippen LogP contribution is -2.22. The molecule has 0 aliphatic rings. The molecule has 6 heteroatoms. The van der Waals surface area contributed by atoms with Crippen LogP contribution in [0.3, 0.4) is 0 Å². The molecule has 0 unspecified atom stereocenters. The summed E-state index contributed by atoms with van der Waals surface area (Å²) in [7, 11) is 0. The Kier molecular flexibility index (Phi) is 4.90. The number of carbonyl (C=O) groups is 2. The SMILES string of the molecule is CC(=O)C(Cc1cc(C(F)(F)F)ccc1Br)C(C)=O. The second kappa shape index (κ2) is 5.86. The molecule has 0 spiro atoms. The van der Waals surface area contributed by atoms with E-state index in [4.69, 9.17) is 0 Å². The highest BCUT2D eigenvalue weighted by atomic mass is 79.9. The van der Waals surface area contributed by atoms with Gasteiger partial charge in [-0.15, -0.1) is 0 Å². The molecule has 104 valence electrons. The number of hydrogen-bond acceptors (Lipinski definition) is 2. The first-order valence-corrected chi connectivity index (χ1v) is 6.28. The maximum absolute atomic E-state index is 12.6. The van der Waals surface area contributed by atoms with Crippen molar-refractivity contribution in [1.29, 1.82) is 0 Å². The van der Waals surface area contributed by atoms with Gasteiger partial charge in [0.1, 0.15) is 11.6 Å². The van der Waals surface area contributed by atoms with Gasteiger partial charge in [-0.2, -0.15) is 13.2 Å². The number of ketones is 2. The highest BCUT2D eigenvalue weighted by Crippen LogP contribution is 2.32. The number of Topliss-reactive ketones (excluding diaryl/α,β-unsaturated/α-hetero) is 2. The van der Waals surface area contributed by atoms with Gasteiger partial charge >= 0.3 is 6.18 Å². The van der Waals surface area contributed by atoms with E-state index in [1.165, 1.54) is 19.9 Å². The molecule has 0 atom stereocenters. The number of alkyl halides is 3. The third kappa shape index (κ3) is 4.16. The molecule has 0 aliphatic carbocycles. The standard InChI is InChI=1S/C13H12BrF3O2/c1-7(18)11(8(2)19)6-9-5-10(13(15,16)17)3-4-12(9)14/h3-5,11H,6H2,1-2H3. The lowest BCUT2D eigenvalue weighted by molar-refractivity contribution is -0.137. The fourth-order valence-corrected chi connectivity index (χ4v) is 2.11. The van der Waals surface area contributed by atoms with E-state index < -0.39 is 17.7 Å². The lowest BCUT2D eigenvalue weighted by atomic mass is 9.92. The summed E-state index contributed by atoms with van der Waals surface area (Å²) in [5.74, 6) is -1.60. The molecule has 1 rings (SSSR count). The third-order valence-corrected chi connectivity index (χ3v) is 3.55. The summed E-state index contributed by atoms with van der Waals surface area (Å²) in [6.45, 7) is 2.52. The molecule has 1 aromatic carbocycles. The van der Waals surface area contributed by atoms with E-state index in [0.717, 1.165) is 12.1 Å². The van der Waals surface area contributed by atoms with Crippen molar-refractivity contribution < 1.29 is 22.8 Å². The van der Waals surface area contributed by atoms with Gasteiger partial charge in [0.15, 0.2) is 0 Å². The van der Waals surface area contributed by atoms with Crippen LogP contribution in [-0.2, 0) is 22.2 Å². The zero-order valence-corrected chi connectivity index (χ0v) is 11.9. The summed E-state index contributed by atoms with van der Waals surface area (Å²) in [6, 6.07) is 3.18. The van der Waals surface area contributed by atoms with Crippen molar-refractivity contribution in [3.05, 3.63) is 33.8 Å². The number of rotatable bonds is 4. The van der Waals surface area contributed by atoms with Gasteiger partial charge < -0.3 is 0 Å². The minimum Gasteiger partial charge on any atom is -0.299 e. The Morgan fingerprint density at radius 3 is 2.16 bits per heavy atom. The van der Waals surface area contributed by atoms with Gasteiger partial charge in [0.25, 0.3) is 0 Å². The van der Waals surface area contributed by atoms with E-state index >= 15 is 0 Å². The zero-order valence-electron chi connectivity index (χ0n) is 10.3. The monoisotopic (exact) mass is 336 g/mol. The summed E-state index contributed by atoms with van der Waals surface area (Å²) in [5, 5.41) is 0. The van der Waals surface area contributed by atoms with Gasteiger partial charge in [-0.25, -0.2) is 0 Å². The van der Waals surface area contributed by atoms with E-state index in [1.54, 1.807) is 0 Å². The number of hydrogen-bond donors (Lipinski definition) is 0. The molecule has 19 heavy (non-hydrogen) atoms. The predicted molar refractivity (Wildman–Crippen MR) is 67.7 cm³/mol. The summed E-state index contributed by atoms with van der Waals surface area (Å²) >= 11 is 3.13. The first-order chi connectivity index (χ1) is 8.62. The van der Waals surface area contributed by atoms with Gasteiger partial charge in [0.05, 0.1) is 11.5 Å². The summed E-state index contributed by atoms with van der Waals surface area (Å²) < 4.78 is 38.3. The summed E-state index contributed by atoms with van der Waals surface area (Å²) in [4.78, 5) is 22.6. The van der Waals surface area contributed by atoms with Gasteiger partial charge in [-0.3, -0.25) is 9.59 Å². The summed E-state index contributed by atoms with van der Waals surface area (Å²) in [6.07, 6.45) is -4.48. The zero-order chi connectivity index (χ0) is 14.8. The van der Waals surface area contributed by atoms with Gasteiger partial charge in [-0.1, -0.05) is 15.9 Å². The molecule has 0 fully saturated rings. The van der Waals surface area contributed by atoms with Crippen molar-refractivity contribution in [3.8, 4) is 0 Å². The molecular formula is C13H12BrF3O2. The average Bonchev–Trinajstić information content (AvgIpc) is 2.25. The average molecular weight is 337 g/mol. The molecule has 1 aromatic rings. The van der Waals surface area contributed by atoms with Crippen molar-refractivity contribution in [2.45, 2.75) is 26.4 Å². The maximum Gasteiger partial charge on any atom is 0.416 e. The smallest absolute Gasteiger partial charge is 0.299 e. The van der Waals surface area contributed by atoms with Gasteiger partial charge in [-0.05, 0) is 44.0 Å². The fraction of sp³-hybridized carbons (Fsp3) is 0.385. The van der Waals surface area contributed by atoms with E-state index in [1.807, 2.05) is 0 Å². The Morgan fingerprint density at radius 2 is 1.74 bits per heavy atom. The molecule has 0 saturated carbocycles. The van der Waals surface area contributed by atoms with Crippen molar-refractivity contribution in [1.82, 2.24) is 0 Å². The molecule has 2 nitrogen and oxygen atoms in total. The van der Waals surface area contributed by atoms with Crippen LogP contribution in [0.5, 0.6) is 0 Å². The van der Waals surface area contributed by atoms with Crippen LogP contribution in [0.15, 0.2) is 22.7 Å². The van der Waals surface area contributed by atoms with E-state index in [9.17, 15) is 22.8 Å². The Hall–Kier alpha value is -1.17. The highest BCUT2D eigenvalue weighted by Gasteiger charge is 2.31. The van der Waals surface area contributed by atoms with Crippen LogP contribution in [0, 0.1) is 5.92 Å². The molecule has 0 heterocycles. The Labute approximate surface area is 117 Å². The topological polar surface area (TPSA) is 34.1 Å². The first-order valence-electron chi connectivity index (χ1n) is 5.49. The minimum absolute atomic E-state index is 0.0326. The molecule has 0 amide bonds. The molecule has 0 aromatic heterocycles. The quantitative estimate of drug-likeness (QED) is 0.783. The van der Waals surface area contributed by atoms with Crippen LogP contribution < -0.4 is 0 Å². The van der Waals surface area contributed by atoms with Crippen LogP contribution in [0.25, 0.3) is 0 Å². The normalized spacial score (nSPS) is 11.7. The van der Waals surface area contributed by atoms with Crippen molar-refractivity contribution in [3.63, 3.8) is 0 Å². The Morgan fingerprint density at radius 1 is 1.21 bits per heavy atom.